The maximum absolute atomic E-state index is 12.3. The molecule has 1 heterocycles. The molecule has 0 bridgehead atoms. The number of anilines is 1. The summed E-state index contributed by atoms with van der Waals surface area (Å²) < 4.78 is 0. The minimum Gasteiger partial charge on any atom is -0.316 e. The summed E-state index contributed by atoms with van der Waals surface area (Å²) >= 11 is 1.64. The molecule has 1 atom stereocenters. The van der Waals surface area contributed by atoms with Gasteiger partial charge < -0.3 is 5.32 Å². The van der Waals surface area contributed by atoms with Crippen LogP contribution in [0, 0.1) is 23.2 Å². The van der Waals surface area contributed by atoms with E-state index < -0.39 is 0 Å². The average Bonchev–Trinajstić information content (AvgIpc) is 3.13. The molecule has 1 N–H and O–H groups in total. The first-order chi connectivity index (χ1) is 10.2. The fourth-order valence-electron chi connectivity index (χ4n) is 3.61. The highest BCUT2D eigenvalue weighted by Crippen LogP contribution is 2.40. The van der Waals surface area contributed by atoms with Gasteiger partial charge in [-0.05, 0) is 43.6 Å². The largest absolute Gasteiger partial charge is 0.316 e. The van der Waals surface area contributed by atoms with Crippen LogP contribution in [0.5, 0.6) is 0 Å². The Labute approximate surface area is 130 Å². The molecule has 3 nitrogen and oxygen atoms in total. The van der Waals surface area contributed by atoms with E-state index in [0.29, 0.717) is 0 Å². The van der Waals surface area contributed by atoms with Crippen molar-refractivity contribution in [2.75, 3.05) is 5.32 Å². The van der Waals surface area contributed by atoms with Crippen LogP contribution in [0.1, 0.15) is 61.5 Å². The lowest BCUT2D eigenvalue weighted by molar-refractivity contribution is -0.119. The van der Waals surface area contributed by atoms with Crippen molar-refractivity contribution in [2.45, 2.75) is 58.3 Å². The molecule has 21 heavy (non-hydrogen) atoms. The van der Waals surface area contributed by atoms with Gasteiger partial charge >= 0.3 is 0 Å². The molecule has 1 unspecified atom stereocenters. The summed E-state index contributed by atoms with van der Waals surface area (Å²) in [4.78, 5) is 13.6. The molecule has 3 rings (SSSR count). The first kappa shape index (κ1) is 14.6. The molecule has 0 aromatic carbocycles. The number of thiophene rings is 1. The molecular formula is C17H22N2OS. The first-order valence-electron chi connectivity index (χ1n) is 8.08. The van der Waals surface area contributed by atoms with E-state index in [2.05, 4.69) is 18.3 Å². The summed E-state index contributed by atoms with van der Waals surface area (Å²) in [6.07, 6.45) is 8.74. The Morgan fingerprint density at radius 1 is 1.38 bits per heavy atom. The molecule has 1 aromatic heterocycles. The third-order valence-electron chi connectivity index (χ3n) is 5.02. The van der Waals surface area contributed by atoms with E-state index in [1.54, 1.807) is 11.3 Å². The van der Waals surface area contributed by atoms with Gasteiger partial charge in [-0.25, -0.2) is 0 Å². The minimum absolute atomic E-state index is 0.120. The van der Waals surface area contributed by atoms with Crippen LogP contribution in [0.3, 0.4) is 0 Å². The van der Waals surface area contributed by atoms with Crippen molar-refractivity contribution < 1.29 is 4.79 Å². The summed E-state index contributed by atoms with van der Waals surface area (Å²) in [5.74, 6) is 1.01. The van der Waals surface area contributed by atoms with Crippen molar-refractivity contribution >= 4 is 22.2 Å². The Morgan fingerprint density at radius 3 is 2.81 bits per heavy atom. The molecule has 0 spiro atoms. The van der Waals surface area contributed by atoms with E-state index in [-0.39, 0.29) is 11.8 Å². The second kappa shape index (κ2) is 6.19. The fraction of sp³-hybridized carbons (Fsp3) is 0.647. The number of hydrogen-bond acceptors (Lipinski definition) is 3. The molecule has 0 saturated heterocycles. The molecule has 0 aliphatic heterocycles. The van der Waals surface area contributed by atoms with Gasteiger partial charge in [0.1, 0.15) is 11.1 Å². The van der Waals surface area contributed by atoms with E-state index in [1.807, 2.05) is 0 Å². The van der Waals surface area contributed by atoms with E-state index in [1.165, 1.54) is 23.3 Å². The predicted molar refractivity (Wildman–Crippen MR) is 85.4 cm³/mol. The zero-order valence-electron chi connectivity index (χ0n) is 12.6. The highest BCUT2D eigenvalue weighted by molar-refractivity contribution is 7.16. The Kier molecular flexibility index (Phi) is 4.30. The second-order valence-electron chi connectivity index (χ2n) is 6.31. The van der Waals surface area contributed by atoms with Crippen LogP contribution >= 0.6 is 11.3 Å². The molecule has 1 aromatic rings. The standard InChI is InChI=1S/C17H22N2OS/c1-2-11-7-8-13-14(10-18)17(21-15(13)9-11)19-16(20)12-5-3-4-6-12/h11-12H,2-9H2,1H3,(H,19,20). The second-order valence-corrected chi connectivity index (χ2v) is 7.41. The van der Waals surface area contributed by atoms with Crippen LogP contribution in [0.2, 0.25) is 0 Å². The van der Waals surface area contributed by atoms with Crippen molar-refractivity contribution in [3.63, 3.8) is 0 Å². The Hall–Kier alpha value is -1.34. The van der Waals surface area contributed by atoms with Gasteiger partial charge in [0.15, 0.2) is 0 Å². The number of rotatable bonds is 3. The van der Waals surface area contributed by atoms with Gasteiger partial charge in [-0.1, -0.05) is 26.2 Å². The number of nitrogens with one attached hydrogen (secondary N) is 1. The molecule has 1 fully saturated rings. The first-order valence-corrected chi connectivity index (χ1v) is 8.90. The third kappa shape index (κ3) is 2.85. The highest BCUT2D eigenvalue weighted by Gasteiger charge is 2.28. The van der Waals surface area contributed by atoms with Gasteiger partial charge in [0.25, 0.3) is 0 Å². The lowest BCUT2D eigenvalue weighted by atomic mass is 9.86. The number of carbonyl (C=O) groups excluding carboxylic acids is 1. The predicted octanol–water partition coefficient (Wildman–Crippen LogP) is 4.26. The fourth-order valence-corrected chi connectivity index (χ4v) is 4.93. The summed E-state index contributed by atoms with van der Waals surface area (Å²) in [5.41, 5.74) is 1.94. The SMILES string of the molecule is CCC1CCc2c(sc(NC(=O)C3CCCC3)c2C#N)C1. The molecule has 2 aliphatic rings. The number of amides is 1. The van der Waals surface area contributed by atoms with Gasteiger partial charge in [-0.15, -0.1) is 11.3 Å². The monoisotopic (exact) mass is 302 g/mol. The highest BCUT2D eigenvalue weighted by atomic mass is 32.1. The number of nitrogens with zero attached hydrogens (tertiary/aromatic N) is 1. The van der Waals surface area contributed by atoms with Gasteiger partial charge in [0.05, 0.1) is 5.56 Å². The van der Waals surface area contributed by atoms with Gasteiger partial charge in [-0.3, -0.25) is 4.79 Å². The van der Waals surface area contributed by atoms with Crippen LogP contribution in [0.4, 0.5) is 5.00 Å². The lowest BCUT2D eigenvalue weighted by Crippen LogP contribution is -2.20. The smallest absolute Gasteiger partial charge is 0.228 e. The summed E-state index contributed by atoms with van der Waals surface area (Å²) in [5, 5.41) is 13.3. The average molecular weight is 302 g/mol. The topological polar surface area (TPSA) is 52.9 Å². The molecule has 1 amide bonds. The lowest BCUT2D eigenvalue weighted by Gasteiger charge is -2.20. The number of carbonyl (C=O) groups is 1. The van der Waals surface area contributed by atoms with E-state index in [9.17, 15) is 10.1 Å². The molecule has 4 heteroatoms. The summed E-state index contributed by atoms with van der Waals surface area (Å²) in [6.45, 7) is 2.23. The molecule has 2 aliphatic carbocycles. The van der Waals surface area contributed by atoms with Crippen molar-refractivity contribution in [3.05, 3.63) is 16.0 Å². The van der Waals surface area contributed by atoms with E-state index in [0.717, 1.165) is 55.0 Å². The van der Waals surface area contributed by atoms with E-state index in [4.69, 9.17) is 0 Å². The van der Waals surface area contributed by atoms with Gasteiger partial charge in [0.2, 0.25) is 5.91 Å². The van der Waals surface area contributed by atoms with E-state index >= 15 is 0 Å². The number of hydrogen-bond donors (Lipinski definition) is 1. The molecule has 112 valence electrons. The molecule has 1 saturated carbocycles. The zero-order valence-corrected chi connectivity index (χ0v) is 13.4. The van der Waals surface area contributed by atoms with Crippen molar-refractivity contribution in [3.8, 4) is 6.07 Å². The maximum atomic E-state index is 12.3. The van der Waals surface area contributed by atoms with Crippen LogP contribution in [-0.2, 0) is 17.6 Å². The van der Waals surface area contributed by atoms with Crippen LogP contribution in [-0.4, -0.2) is 5.91 Å². The number of fused-ring (bicyclic) bond motifs is 1. The normalized spacial score (nSPS) is 21.8. The van der Waals surface area contributed by atoms with Gasteiger partial charge in [0, 0.05) is 10.8 Å². The third-order valence-corrected chi connectivity index (χ3v) is 6.19. The van der Waals surface area contributed by atoms with Crippen LogP contribution in [0.15, 0.2) is 0 Å². The summed E-state index contributed by atoms with van der Waals surface area (Å²) in [7, 11) is 0. The Balaban J connectivity index is 1.81. The van der Waals surface area contributed by atoms with Crippen LogP contribution < -0.4 is 5.32 Å². The molecular weight excluding hydrogens is 280 g/mol. The van der Waals surface area contributed by atoms with Crippen molar-refractivity contribution in [1.29, 1.82) is 5.26 Å². The van der Waals surface area contributed by atoms with Crippen LogP contribution in [0.25, 0.3) is 0 Å². The van der Waals surface area contributed by atoms with Crippen molar-refractivity contribution in [2.24, 2.45) is 11.8 Å². The maximum Gasteiger partial charge on any atom is 0.228 e. The zero-order chi connectivity index (χ0) is 14.8. The molecule has 0 radical (unpaired) electrons. The van der Waals surface area contributed by atoms with Gasteiger partial charge in [-0.2, -0.15) is 5.26 Å². The minimum atomic E-state index is 0.120. The van der Waals surface area contributed by atoms with Crippen molar-refractivity contribution in [1.82, 2.24) is 0 Å². The Morgan fingerprint density at radius 2 is 2.14 bits per heavy atom. The quantitative estimate of drug-likeness (QED) is 0.906. The number of nitriles is 1. The Bertz CT molecular complexity index is 578. The summed E-state index contributed by atoms with van der Waals surface area (Å²) in [6, 6.07) is 2.33.